The van der Waals surface area contributed by atoms with Gasteiger partial charge in [0.25, 0.3) is 0 Å². The Hall–Kier alpha value is -1.35. The van der Waals surface area contributed by atoms with Crippen molar-refractivity contribution in [3.63, 3.8) is 0 Å². The molecule has 1 amide bonds. The number of hydrogen-bond acceptors (Lipinski definition) is 2. The molecule has 13 heavy (non-hydrogen) atoms. The summed E-state index contributed by atoms with van der Waals surface area (Å²) >= 11 is 0. The van der Waals surface area contributed by atoms with Gasteiger partial charge in [-0.15, -0.1) is 0 Å². The van der Waals surface area contributed by atoms with E-state index in [2.05, 4.69) is 6.07 Å². The molecule has 1 unspecified atom stereocenters. The molecule has 1 aromatic carbocycles. The van der Waals surface area contributed by atoms with E-state index in [0.29, 0.717) is 6.54 Å². The summed E-state index contributed by atoms with van der Waals surface area (Å²) in [5.74, 6) is 0.00227. The maximum atomic E-state index is 11.5. The maximum absolute atomic E-state index is 11.5. The maximum Gasteiger partial charge on any atom is 0.243 e. The number of amides is 1. The third kappa shape index (κ3) is 1.42. The van der Waals surface area contributed by atoms with Gasteiger partial charge in [-0.1, -0.05) is 18.2 Å². The number of para-hydroxylation sites is 1. The van der Waals surface area contributed by atoms with Crippen molar-refractivity contribution in [1.82, 2.24) is 0 Å². The normalized spacial score (nSPS) is 22.4. The molecular formula is C10H11N2O. The van der Waals surface area contributed by atoms with Crippen molar-refractivity contribution < 1.29 is 4.79 Å². The highest BCUT2D eigenvalue weighted by Crippen LogP contribution is 2.19. The number of rotatable bonds is 1. The number of anilines is 1. The van der Waals surface area contributed by atoms with Crippen molar-refractivity contribution in [2.24, 2.45) is 5.73 Å². The van der Waals surface area contributed by atoms with Crippen molar-refractivity contribution in [2.45, 2.75) is 12.5 Å². The Kier molecular flexibility index (Phi) is 2.02. The van der Waals surface area contributed by atoms with E-state index < -0.39 is 0 Å². The molecule has 0 aliphatic carbocycles. The van der Waals surface area contributed by atoms with Gasteiger partial charge in [-0.2, -0.15) is 0 Å². The lowest BCUT2D eigenvalue weighted by Gasteiger charge is -2.14. The number of carbonyl (C=O) groups excluding carboxylic acids is 1. The van der Waals surface area contributed by atoms with E-state index in [0.717, 1.165) is 12.1 Å². The Balaban J connectivity index is 2.24. The molecule has 0 spiro atoms. The molecule has 3 heteroatoms. The smallest absolute Gasteiger partial charge is 0.243 e. The van der Waals surface area contributed by atoms with Crippen LogP contribution in [0.4, 0.5) is 5.69 Å². The van der Waals surface area contributed by atoms with Gasteiger partial charge in [0, 0.05) is 12.6 Å². The molecule has 1 atom stereocenters. The Bertz CT molecular complexity index is 310. The number of carbonyl (C=O) groups is 1. The Morgan fingerprint density at radius 3 is 2.92 bits per heavy atom. The second kappa shape index (κ2) is 3.18. The fourth-order valence-electron chi connectivity index (χ4n) is 1.49. The van der Waals surface area contributed by atoms with Crippen LogP contribution >= 0.6 is 0 Å². The minimum atomic E-state index is -0.325. The average molecular weight is 175 g/mol. The van der Waals surface area contributed by atoms with E-state index in [1.807, 2.05) is 18.2 Å². The van der Waals surface area contributed by atoms with Gasteiger partial charge in [-0.25, -0.2) is 0 Å². The second-order valence-electron chi connectivity index (χ2n) is 3.13. The summed E-state index contributed by atoms with van der Waals surface area (Å²) < 4.78 is 0. The fourth-order valence-corrected chi connectivity index (χ4v) is 1.49. The molecule has 1 aliphatic heterocycles. The first-order valence-electron chi connectivity index (χ1n) is 4.33. The van der Waals surface area contributed by atoms with Crippen LogP contribution in [0.3, 0.4) is 0 Å². The fraction of sp³-hybridized carbons (Fsp3) is 0.300. The summed E-state index contributed by atoms with van der Waals surface area (Å²) in [7, 11) is 0. The summed E-state index contributed by atoms with van der Waals surface area (Å²) in [6.07, 6.45) is 0.738. The van der Waals surface area contributed by atoms with Crippen LogP contribution < -0.4 is 10.6 Å². The first-order valence-corrected chi connectivity index (χ1v) is 4.33. The van der Waals surface area contributed by atoms with Crippen molar-refractivity contribution in [1.29, 1.82) is 0 Å². The summed E-state index contributed by atoms with van der Waals surface area (Å²) in [6, 6.07) is 10.1. The van der Waals surface area contributed by atoms with Gasteiger partial charge in [0.2, 0.25) is 5.91 Å². The van der Waals surface area contributed by atoms with Crippen LogP contribution in [-0.2, 0) is 4.79 Å². The highest BCUT2D eigenvalue weighted by molar-refractivity contribution is 5.99. The highest BCUT2D eigenvalue weighted by Gasteiger charge is 2.29. The van der Waals surface area contributed by atoms with Crippen LogP contribution in [0.5, 0.6) is 0 Å². The van der Waals surface area contributed by atoms with Crippen LogP contribution in [0, 0.1) is 6.07 Å². The van der Waals surface area contributed by atoms with Crippen molar-refractivity contribution >= 4 is 11.6 Å². The molecule has 2 rings (SSSR count). The molecule has 1 fully saturated rings. The SMILES string of the molecule is NC1CCN(c2[c]cccc2)C1=O. The van der Waals surface area contributed by atoms with Crippen LogP contribution in [0.15, 0.2) is 24.3 Å². The molecule has 0 bridgehead atoms. The Labute approximate surface area is 77.1 Å². The Morgan fingerprint density at radius 2 is 2.38 bits per heavy atom. The quantitative estimate of drug-likeness (QED) is 0.677. The zero-order valence-electron chi connectivity index (χ0n) is 7.23. The molecule has 1 aromatic rings. The molecule has 1 heterocycles. The lowest BCUT2D eigenvalue weighted by molar-refractivity contribution is -0.118. The standard InChI is InChI=1S/C10H11N2O/c11-9-6-7-12(10(9)13)8-4-2-1-3-5-8/h1-4,9H,6-7,11H2. The monoisotopic (exact) mass is 175 g/mol. The zero-order valence-corrected chi connectivity index (χ0v) is 7.23. The summed E-state index contributed by atoms with van der Waals surface area (Å²) in [5, 5.41) is 0. The van der Waals surface area contributed by atoms with Gasteiger partial charge in [0.15, 0.2) is 0 Å². The molecule has 1 saturated heterocycles. The molecular weight excluding hydrogens is 164 g/mol. The number of nitrogens with zero attached hydrogens (tertiary/aromatic N) is 1. The topological polar surface area (TPSA) is 46.3 Å². The third-order valence-corrected chi connectivity index (χ3v) is 2.23. The van der Waals surface area contributed by atoms with Crippen molar-refractivity contribution in [3.8, 4) is 0 Å². The van der Waals surface area contributed by atoms with Crippen LogP contribution in [0.1, 0.15) is 6.42 Å². The molecule has 1 radical (unpaired) electrons. The zero-order chi connectivity index (χ0) is 9.26. The highest BCUT2D eigenvalue weighted by atomic mass is 16.2. The predicted molar refractivity (Wildman–Crippen MR) is 50.2 cm³/mol. The summed E-state index contributed by atoms with van der Waals surface area (Å²) in [4.78, 5) is 13.2. The number of hydrogen-bond donors (Lipinski definition) is 1. The lowest BCUT2D eigenvalue weighted by atomic mass is 10.3. The minimum absolute atomic E-state index is 0.00227. The van der Waals surface area contributed by atoms with E-state index in [1.165, 1.54) is 0 Å². The molecule has 0 aromatic heterocycles. The van der Waals surface area contributed by atoms with Gasteiger partial charge < -0.3 is 10.6 Å². The van der Waals surface area contributed by atoms with Crippen LogP contribution in [0.2, 0.25) is 0 Å². The van der Waals surface area contributed by atoms with E-state index in [-0.39, 0.29) is 11.9 Å². The van der Waals surface area contributed by atoms with Gasteiger partial charge in [0.05, 0.1) is 11.7 Å². The van der Waals surface area contributed by atoms with Crippen molar-refractivity contribution in [3.05, 3.63) is 30.3 Å². The summed E-state index contributed by atoms with van der Waals surface area (Å²) in [5.41, 5.74) is 6.42. The van der Waals surface area contributed by atoms with E-state index in [4.69, 9.17) is 5.73 Å². The van der Waals surface area contributed by atoms with Crippen LogP contribution in [-0.4, -0.2) is 18.5 Å². The third-order valence-electron chi connectivity index (χ3n) is 2.23. The van der Waals surface area contributed by atoms with Crippen LogP contribution in [0.25, 0.3) is 0 Å². The molecule has 0 saturated carbocycles. The average Bonchev–Trinajstić information content (AvgIpc) is 2.49. The largest absolute Gasteiger partial charge is 0.320 e. The minimum Gasteiger partial charge on any atom is -0.320 e. The second-order valence-corrected chi connectivity index (χ2v) is 3.13. The molecule has 1 aliphatic rings. The summed E-state index contributed by atoms with van der Waals surface area (Å²) in [6.45, 7) is 0.709. The van der Waals surface area contributed by atoms with Gasteiger partial charge >= 0.3 is 0 Å². The van der Waals surface area contributed by atoms with E-state index in [1.54, 1.807) is 11.0 Å². The number of nitrogens with two attached hydrogens (primary N) is 1. The lowest BCUT2D eigenvalue weighted by Crippen LogP contribution is -2.33. The first-order chi connectivity index (χ1) is 6.29. The predicted octanol–water partition coefficient (Wildman–Crippen LogP) is 0.551. The van der Waals surface area contributed by atoms with E-state index >= 15 is 0 Å². The first kappa shape index (κ1) is 8.26. The molecule has 67 valence electrons. The molecule has 3 nitrogen and oxygen atoms in total. The number of benzene rings is 1. The van der Waals surface area contributed by atoms with Gasteiger partial charge in [0.1, 0.15) is 0 Å². The van der Waals surface area contributed by atoms with Gasteiger partial charge in [-0.3, -0.25) is 4.79 Å². The van der Waals surface area contributed by atoms with E-state index in [9.17, 15) is 4.79 Å². The van der Waals surface area contributed by atoms with Crippen molar-refractivity contribution in [2.75, 3.05) is 11.4 Å². The van der Waals surface area contributed by atoms with Gasteiger partial charge in [-0.05, 0) is 12.5 Å². The Morgan fingerprint density at radius 1 is 1.54 bits per heavy atom. The molecule has 2 N–H and O–H groups in total.